The molecule has 2 aromatic rings. The van der Waals surface area contributed by atoms with E-state index < -0.39 is 10.0 Å². The summed E-state index contributed by atoms with van der Waals surface area (Å²) in [5, 5.41) is 0. The van der Waals surface area contributed by atoms with Gasteiger partial charge in [0, 0.05) is 0 Å². The molecule has 2 aromatic carbocycles. The quantitative estimate of drug-likeness (QED) is 0.843. The minimum absolute atomic E-state index is 0.207. The third-order valence-corrected chi connectivity index (χ3v) is 5.84. The van der Waals surface area contributed by atoms with Crippen molar-refractivity contribution in [3.63, 3.8) is 0 Å². The van der Waals surface area contributed by atoms with Crippen LogP contribution in [0.2, 0.25) is 0 Å². The lowest BCUT2D eigenvalue weighted by molar-refractivity contribution is 0.587. The zero-order valence-corrected chi connectivity index (χ0v) is 13.8. The molecular weight excluding hydrogens is 294 g/mol. The SMILES string of the molecule is Cc1ccc(S(=O)(=O)N2c3ccc(C)cc3C=CC2C)cc1. The van der Waals surface area contributed by atoms with Gasteiger partial charge in [0.05, 0.1) is 16.6 Å². The average Bonchev–Trinajstić information content (AvgIpc) is 2.47. The van der Waals surface area contributed by atoms with Crippen LogP contribution in [0.4, 0.5) is 5.69 Å². The Morgan fingerprint density at radius 3 is 2.27 bits per heavy atom. The van der Waals surface area contributed by atoms with Crippen molar-refractivity contribution < 1.29 is 8.42 Å². The summed E-state index contributed by atoms with van der Waals surface area (Å²) in [5.74, 6) is 0. The van der Waals surface area contributed by atoms with Gasteiger partial charge in [-0.2, -0.15) is 0 Å². The molecule has 114 valence electrons. The van der Waals surface area contributed by atoms with E-state index >= 15 is 0 Å². The van der Waals surface area contributed by atoms with E-state index in [1.165, 1.54) is 4.31 Å². The summed E-state index contributed by atoms with van der Waals surface area (Å²) in [6.45, 7) is 5.84. The highest BCUT2D eigenvalue weighted by Crippen LogP contribution is 2.34. The van der Waals surface area contributed by atoms with Crippen molar-refractivity contribution in [2.75, 3.05) is 4.31 Å². The number of hydrogen-bond donors (Lipinski definition) is 0. The Labute approximate surface area is 132 Å². The van der Waals surface area contributed by atoms with E-state index in [1.54, 1.807) is 12.1 Å². The first-order valence-electron chi connectivity index (χ1n) is 7.29. The van der Waals surface area contributed by atoms with Crippen LogP contribution in [0.25, 0.3) is 6.08 Å². The topological polar surface area (TPSA) is 37.4 Å². The van der Waals surface area contributed by atoms with Crippen molar-refractivity contribution >= 4 is 21.8 Å². The second-order valence-corrected chi connectivity index (χ2v) is 7.59. The van der Waals surface area contributed by atoms with Crippen LogP contribution in [0.5, 0.6) is 0 Å². The van der Waals surface area contributed by atoms with E-state index in [9.17, 15) is 8.42 Å². The summed E-state index contributed by atoms with van der Waals surface area (Å²) in [4.78, 5) is 0.326. The Morgan fingerprint density at radius 2 is 1.59 bits per heavy atom. The molecule has 3 rings (SSSR count). The molecule has 0 aromatic heterocycles. The molecule has 0 aliphatic carbocycles. The van der Waals surface area contributed by atoms with Gasteiger partial charge in [0.2, 0.25) is 0 Å². The summed E-state index contributed by atoms with van der Waals surface area (Å²) < 4.78 is 27.6. The number of nitrogens with zero attached hydrogens (tertiary/aromatic N) is 1. The molecule has 0 bridgehead atoms. The molecule has 0 saturated heterocycles. The molecule has 3 nitrogen and oxygen atoms in total. The fourth-order valence-corrected chi connectivity index (χ4v) is 4.36. The highest BCUT2D eigenvalue weighted by Gasteiger charge is 2.31. The van der Waals surface area contributed by atoms with Crippen molar-refractivity contribution in [1.82, 2.24) is 0 Å². The highest BCUT2D eigenvalue weighted by atomic mass is 32.2. The molecule has 0 spiro atoms. The predicted octanol–water partition coefficient (Wildman–Crippen LogP) is 3.91. The van der Waals surface area contributed by atoms with Gasteiger partial charge in [-0.25, -0.2) is 8.42 Å². The minimum Gasteiger partial charge on any atom is -0.259 e. The minimum atomic E-state index is -3.57. The smallest absolute Gasteiger partial charge is 0.259 e. The second kappa shape index (κ2) is 5.29. The summed E-state index contributed by atoms with van der Waals surface area (Å²) in [6.07, 6.45) is 3.92. The van der Waals surface area contributed by atoms with Crippen LogP contribution >= 0.6 is 0 Å². The summed E-state index contributed by atoms with van der Waals surface area (Å²) in [7, 11) is -3.57. The molecule has 1 aliphatic rings. The number of aryl methyl sites for hydroxylation is 2. The molecule has 0 radical (unpaired) electrons. The second-order valence-electron chi connectivity index (χ2n) is 5.78. The van der Waals surface area contributed by atoms with Crippen molar-refractivity contribution in [2.24, 2.45) is 0 Å². The van der Waals surface area contributed by atoms with Crippen LogP contribution in [-0.4, -0.2) is 14.5 Å². The van der Waals surface area contributed by atoms with E-state index in [1.807, 2.05) is 63.3 Å². The number of fused-ring (bicyclic) bond motifs is 1. The van der Waals surface area contributed by atoms with Crippen molar-refractivity contribution in [2.45, 2.75) is 31.7 Å². The highest BCUT2D eigenvalue weighted by molar-refractivity contribution is 7.92. The van der Waals surface area contributed by atoms with Crippen LogP contribution in [0.3, 0.4) is 0 Å². The Hall–Kier alpha value is -2.07. The van der Waals surface area contributed by atoms with E-state index in [-0.39, 0.29) is 6.04 Å². The van der Waals surface area contributed by atoms with Crippen LogP contribution in [0, 0.1) is 13.8 Å². The lowest BCUT2D eigenvalue weighted by Crippen LogP contribution is -2.39. The fourth-order valence-electron chi connectivity index (χ4n) is 2.72. The third kappa shape index (κ3) is 2.44. The van der Waals surface area contributed by atoms with Gasteiger partial charge in [-0.1, -0.05) is 41.5 Å². The maximum atomic E-state index is 13.0. The normalized spacial score (nSPS) is 17.4. The van der Waals surface area contributed by atoms with Crippen LogP contribution < -0.4 is 4.31 Å². The third-order valence-electron chi connectivity index (χ3n) is 3.92. The first-order valence-corrected chi connectivity index (χ1v) is 8.73. The van der Waals surface area contributed by atoms with E-state index in [0.29, 0.717) is 4.90 Å². The first-order chi connectivity index (χ1) is 10.4. The molecule has 1 heterocycles. The Morgan fingerprint density at radius 1 is 0.955 bits per heavy atom. The molecular formula is C18H19NO2S. The molecule has 1 atom stereocenters. The van der Waals surface area contributed by atoms with Gasteiger partial charge < -0.3 is 0 Å². The van der Waals surface area contributed by atoms with Crippen molar-refractivity contribution in [3.8, 4) is 0 Å². The van der Waals surface area contributed by atoms with Crippen molar-refractivity contribution in [3.05, 3.63) is 65.2 Å². The number of benzene rings is 2. The van der Waals surface area contributed by atoms with Gasteiger partial charge in [-0.15, -0.1) is 0 Å². The van der Waals surface area contributed by atoms with E-state index in [0.717, 1.165) is 22.4 Å². The lowest BCUT2D eigenvalue weighted by Gasteiger charge is -2.33. The Bertz CT molecular complexity index is 836. The van der Waals surface area contributed by atoms with Gasteiger partial charge in [0.1, 0.15) is 0 Å². The maximum Gasteiger partial charge on any atom is 0.264 e. The molecule has 22 heavy (non-hydrogen) atoms. The molecule has 0 amide bonds. The van der Waals surface area contributed by atoms with Crippen LogP contribution in [0.1, 0.15) is 23.6 Å². The van der Waals surface area contributed by atoms with Crippen molar-refractivity contribution in [1.29, 1.82) is 0 Å². The lowest BCUT2D eigenvalue weighted by atomic mass is 10.0. The molecule has 0 fully saturated rings. The average molecular weight is 313 g/mol. The first kappa shape index (κ1) is 14.9. The summed E-state index contributed by atoms with van der Waals surface area (Å²) in [6, 6.07) is 12.6. The van der Waals surface area contributed by atoms with Gasteiger partial charge in [0.25, 0.3) is 10.0 Å². The largest absolute Gasteiger partial charge is 0.264 e. The number of hydrogen-bond acceptors (Lipinski definition) is 2. The summed E-state index contributed by atoms with van der Waals surface area (Å²) >= 11 is 0. The molecule has 0 N–H and O–H groups in total. The van der Waals surface area contributed by atoms with Gasteiger partial charge in [-0.05, 0) is 50.6 Å². The molecule has 1 aliphatic heterocycles. The number of rotatable bonds is 2. The standard InChI is InChI=1S/C18H19NO2S/c1-13-4-9-17(10-5-13)22(20,21)19-15(3)7-8-16-12-14(2)6-11-18(16)19/h4-12,15H,1-3H3. The molecule has 1 unspecified atom stereocenters. The zero-order valence-electron chi connectivity index (χ0n) is 12.9. The predicted molar refractivity (Wildman–Crippen MR) is 90.5 cm³/mol. The summed E-state index contributed by atoms with van der Waals surface area (Å²) in [5.41, 5.74) is 3.84. The maximum absolute atomic E-state index is 13.0. The van der Waals surface area contributed by atoms with Crippen LogP contribution in [-0.2, 0) is 10.0 Å². The zero-order chi connectivity index (χ0) is 15.9. The van der Waals surface area contributed by atoms with Gasteiger partial charge in [0.15, 0.2) is 0 Å². The van der Waals surface area contributed by atoms with E-state index in [4.69, 9.17) is 0 Å². The van der Waals surface area contributed by atoms with Gasteiger partial charge in [-0.3, -0.25) is 4.31 Å². The molecule has 4 heteroatoms. The fraction of sp³-hybridized carbons (Fsp3) is 0.222. The Kier molecular flexibility index (Phi) is 3.57. The van der Waals surface area contributed by atoms with Crippen LogP contribution in [0.15, 0.2) is 53.4 Å². The van der Waals surface area contributed by atoms with Gasteiger partial charge >= 0.3 is 0 Å². The number of sulfonamides is 1. The van der Waals surface area contributed by atoms with E-state index in [2.05, 4.69) is 0 Å². The Balaban J connectivity index is 2.14. The molecule has 0 saturated carbocycles. The monoisotopic (exact) mass is 313 g/mol. The number of anilines is 1.